The molecule has 2 nitrogen and oxygen atoms in total. The van der Waals surface area contributed by atoms with E-state index in [4.69, 9.17) is 0 Å². The molecular formula is C13H17NO. The van der Waals surface area contributed by atoms with Gasteiger partial charge in [0.05, 0.1) is 12.1 Å². The number of aryl methyl sites for hydroxylation is 1. The Morgan fingerprint density at radius 3 is 2.53 bits per heavy atom. The molecule has 0 bridgehead atoms. The lowest BCUT2D eigenvalue weighted by Crippen LogP contribution is -2.32. The highest BCUT2D eigenvalue weighted by Crippen LogP contribution is 2.18. The van der Waals surface area contributed by atoms with Crippen LogP contribution >= 0.6 is 0 Å². The predicted octanol–water partition coefficient (Wildman–Crippen LogP) is 2.64. The Morgan fingerprint density at radius 1 is 1.20 bits per heavy atom. The Hall–Kier alpha value is -1.12. The van der Waals surface area contributed by atoms with E-state index in [0.717, 1.165) is 12.8 Å². The van der Waals surface area contributed by atoms with E-state index in [0.29, 0.717) is 0 Å². The van der Waals surface area contributed by atoms with Gasteiger partial charge in [-0.1, -0.05) is 42.5 Å². The molecule has 1 aliphatic heterocycles. The summed E-state index contributed by atoms with van der Waals surface area (Å²) in [6, 6.07) is 10.7. The molecule has 0 spiro atoms. The molecule has 1 heterocycles. The summed E-state index contributed by atoms with van der Waals surface area (Å²) >= 11 is 0. The lowest BCUT2D eigenvalue weighted by atomic mass is 10.1. The van der Waals surface area contributed by atoms with Gasteiger partial charge in [0, 0.05) is 0 Å². The van der Waals surface area contributed by atoms with Gasteiger partial charge in [-0.2, -0.15) is 5.06 Å². The van der Waals surface area contributed by atoms with Crippen LogP contribution in [0.25, 0.3) is 0 Å². The van der Waals surface area contributed by atoms with E-state index in [1.54, 1.807) is 0 Å². The third-order valence-electron chi connectivity index (χ3n) is 2.94. The minimum absolute atomic E-state index is 0.158. The molecule has 0 aliphatic carbocycles. The van der Waals surface area contributed by atoms with Crippen LogP contribution in [0.5, 0.6) is 0 Å². The van der Waals surface area contributed by atoms with Crippen molar-refractivity contribution in [2.24, 2.45) is 0 Å². The molecule has 80 valence electrons. The maximum Gasteiger partial charge on any atom is 0.0540 e. The zero-order valence-electron chi connectivity index (χ0n) is 9.00. The fourth-order valence-corrected chi connectivity index (χ4v) is 1.96. The van der Waals surface area contributed by atoms with Crippen molar-refractivity contribution in [2.45, 2.75) is 31.8 Å². The van der Waals surface area contributed by atoms with Crippen molar-refractivity contribution >= 4 is 0 Å². The zero-order valence-corrected chi connectivity index (χ0v) is 9.00. The molecular weight excluding hydrogens is 186 g/mol. The van der Waals surface area contributed by atoms with E-state index >= 15 is 0 Å². The van der Waals surface area contributed by atoms with Crippen LogP contribution in [0.3, 0.4) is 0 Å². The SMILES string of the molecule is C[C@@H]1C=C[C@H](CCc2ccccc2)N1O. The smallest absolute Gasteiger partial charge is 0.0540 e. The molecule has 0 unspecified atom stereocenters. The Labute approximate surface area is 90.8 Å². The number of rotatable bonds is 3. The second-order valence-electron chi connectivity index (χ2n) is 4.10. The molecule has 2 rings (SSSR count). The summed E-state index contributed by atoms with van der Waals surface area (Å²) in [5.74, 6) is 0. The topological polar surface area (TPSA) is 23.5 Å². The largest absolute Gasteiger partial charge is 0.313 e. The van der Waals surface area contributed by atoms with Crippen molar-refractivity contribution < 1.29 is 5.21 Å². The molecule has 2 atom stereocenters. The average molecular weight is 203 g/mol. The van der Waals surface area contributed by atoms with Crippen molar-refractivity contribution in [1.29, 1.82) is 0 Å². The summed E-state index contributed by atoms with van der Waals surface area (Å²) in [6.45, 7) is 2.00. The minimum atomic E-state index is 0.158. The van der Waals surface area contributed by atoms with E-state index in [1.165, 1.54) is 10.6 Å². The first-order chi connectivity index (χ1) is 7.27. The summed E-state index contributed by atoms with van der Waals surface area (Å²) in [4.78, 5) is 0. The van der Waals surface area contributed by atoms with E-state index in [-0.39, 0.29) is 12.1 Å². The quantitative estimate of drug-likeness (QED) is 0.763. The van der Waals surface area contributed by atoms with Gasteiger partial charge in [0.15, 0.2) is 0 Å². The van der Waals surface area contributed by atoms with E-state index < -0.39 is 0 Å². The molecule has 15 heavy (non-hydrogen) atoms. The van der Waals surface area contributed by atoms with Crippen LogP contribution in [-0.4, -0.2) is 22.4 Å². The zero-order chi connectivity index (χ0) is 10.7. The number of hydrogen-bond acceptors (Lipinski definition) is 2. The normalized spacial score (nSPS) is 26.0. The summed E-state index contributed by atoms with van der Waals surface area (Å²) in [5.41, 5.74) is 1.33. The first-order valence-electron chi connectivity index (χ1n) is 5.47. The van der Waals surface area contributed by atoms with Crippen molar-refractivity contribution in [2.75, 3.05) is 0 Å². The first-order valence-corrected chi connectivity index (χ1v) is 5.47. The van der Waals surface area contributed by atoms with Gasteiger partial charge in [-0.25, -0.2) is 0 Å². The molecule has 0 fully saturated rings. The van der Waals surface area contributed by atoms with E-state index in [1.807, 2.05) is 13.0 Å². The fraction of sp³-hybridized carbons (Fsp3) is 0.385. The number of benzene rings is 1. The van der Waals surface area contributed by atoms with Crippen molar-refractivity contribution in [3.05, 3.63) is 48.0 Å². The van der Waals surface area contributed by atoms with E-state index in [2.05, 4.69) is 36.4 Å². The molecule has 2 heteroatoms. The van der Waals surface area contributed by atoms with Gasteiger partial charge in [0.2, 0.25) is 0 Å². The molecule has 0 saturated heterocycles. The van der Waals surface area contributed by atoms with Gasteiger partial charge in [0.1, 0.15) is 0 Å². The third-order valence-corrected chi connectivity index (χ3v) is 2.94. The van der Waals surface area contributed by atoms with Gasteiger partial charge >= 0.3 is 0 Å². The Bertz CT molecular complexity index is 334. The van der Waals surface area contributed by atoms with Gasteiger partial charge in [-0.3, -0.25) is 0 Å². The second-order valence-corrected chi connectivity index (χ2v) is 4.10. The van der Waals surface area contributed by atoms with Gasteiger partial charge in [-0.15, -0.1) is 0 Å². The predicted molar refractivity (Wildman–Crippen MR) is 60.8 cm³/mol. The molecule has 1 aromatic carbocycles. The number of hydroxylamine groups is 2. The molecule has 0 radical (unpaired) electrons. The van der Waals surface area contributed by atoms with E-state index in [9.17, 15) is 5.21 Å². The van der Waals surface area contributed by atoms with Crippen LogP contribution in [0.4, 0.5) is 0 Å². The van der Waals surface area contributed by atoms with Crippen LogP contribution in [0.15, 0.2) is 42.5 Å². The number of nitrogens with zero attached hydrogens (tertiary/aromatic N) is 1. The average Bonchev–Trinajstić information content (AvgIpc) is 2.59. The molecule has 0 amide bonds. The van der Waals surface area contributed by atoms with Gasteiger partial charge < -0.3 is 5.21 Å². The molecule has 1 aromatic rings. The lowest BCUT2D eigenvalue weighted by Gasteiger charge is -2.21. The maximum absolute atomic E-state index is 9.71. The summed E-state index contributed by atoms with van der Waals surface area (Å²) < 4.78 is 0. The van der Waals surface area contributed by atoms with Gasteiger partial charge in [0.25, 0.3) is 0 Å². The summed E-state index contributed by atoms with van der Waals surface area (Å²) in [6.07, 6.45) is 6.13. The van der Waals surface area contributed by atoms with Gasteiger partial charge in [-0.05, 0) is 25.3 Å². The Balaban J connectivity index is 1.87. The van der Waals surface area contributed by atoms with Crippen LogP contribution in [0, 0.1) is 0 Å². The molecule has 1 N–H and O–H groups in total. The number of hydrogen-bond donors (Lipinski definition) is 1. The molecule has 0 aromatic heterocycles. The van der Waals surface area contributed by atoms with Crippen molar-refractivity contribution in [1.82, 2.24) is 5.06 Å². The van der Waals surface area contributed by atoms with Crippen LogP contribution < -0.4 is 0 Å². The maximum atomic E-state index is 9.71. The Morgan fingerprint density at radius 2 is 1.93 bits per heavy atom. The van der Waals surface area contributed by atoms with Crippen molar-refractivity contribution in [3.8, 4) is 0 Å². The Kier molecular flexibility index (Phi) is 3.19. The highest BCUT2D eigenvalue weighted by atomic mass is 16.5. The standard InChI is InChI=1S/C13H17NO/c1-11-7-9-13(14(11)15)10-8-12-5-3-2-4-6-12/h2-7,9,11,13,15H,8,10H2,1H3/t11-,13-/m1/s1. The highest BCUT2D eigenvalue weighted by molar-refractivity contribution is 5.16. The first kappa shape index (κ1) is 10.4. The second kappa shape index (κ2) is 4.60. The third kappa shape index (κ3) is 2.46. The molecule has 0 saturated carbocycles. The van der Waals surface area contributed by atoms with Crippen LogP contribution in [0.2, 0.25) is 0 Å². The molecule has 1 aliphatic rings. The lowest BCUT2D eigenvalue weighted by molar-refractivity contribution is -0.123. The van der Waals surface area contributed by atoms with Crippen molar-refractivity contribution in [3.63, 3.8) is 0 Å². The minimum Gasteiger partial charge on any atom is -0.313 e. The highest BCUT2D eigenvalue weighted by Gasteiger charge is 2.23. The summed E-state index contributed by atoms with van der Waals surface area (Å²) in [5, 5.41) is 11.1. The summed E-state index contributed by atoms with van der Waals surface area (Å²) in [7, 11) is 0. The fourth-order valence-electron chi connectivity index (χ4n) is 1.96. The van der Waals surface area contributed by atoms with Crippen LogP contribution in [-0.2, 0) is 6.42 Å². The van der Waals surface area contributed by atoms with Crippen LogP contribution in [0.1, 0.15) is 18.9 Å². The monoisotopic (exact) mass is 203 g/mol.